The first kappa shape index (κ1) is 14.6. The lowest BCUT2D eigenvalue weighted by Gasteiger charge is -2.26. The van der Waals surface area contributed by atoms with Crippen molar-refractivity contribution >= 4 is 17.5 Å². The van der Waals surface area contributed by atoms with Gasteiger partial charge in [0.05, 0.1) is 0 Å². The minimum absolute atomic E-state index is 0.0104. The third-order valence-electron chi connectivity index (χ3n) is 3.59. The summed E-state index contributed by atoms with van der Waals surface area (Å²) < 4.78 is 0. The average molecular weight is 274 g/mol. The maximum atomic E-state index is 12.0. The zero-order chi connectivity index (χ0) is 14.5. The van der Waals surface area contributed by atoms with E-state index in [4.69, 9.17) is 0 Å². The van der Waals surface area contributed by atoms with E-state index in [1.807, 2.05) is 18.7 Å². The van der Waals surface area contributed by atoms with Crippen molar-refractivity contribution in [3.05, 3.63) is 29.8 Å². The molecule has 1 aromatic rings. The van der Waals surface area contributed by atoms with Gasteiger partial charge >= 0.3 is 6.03 Å². The van der Waals surface area contributed by atoms with Gasteiger partial charge in [-0.3, -0.25) is 4.79 Å². The molecule has 2 rings (SSSR count). The Morgan fingerprint density at radius 1 is 1.05 bits per heavy atom. The van der Waals surface area contributed by atoms with E-state index >= 15 is 0 Å². The molecule has 0 unspecified atom stereocenters. The highest BCUT2D eigenvalue weighted by atomic mass is 16.2. The van der Waals surface area contributed by atoms with Gasteiger partial charge in [-0.25, -0.2) is 4.79 Å². The molecule has 1 aromatic carbocycles. The Hall–Kier alpha value is -1.84. The summed E-state index contributed by atoms with van der Waals surface area (Å²) in [5.74, 6) is 0.114. The fourth-order valence-corrected chi connectivity index (χ4v) is 2.35. The molecule has 0 atom stereocenters. The Balaban J connectivity index is 1.96. The van der Waals surface area contributed by atoms with Crippen molar-refractivity contribution < 1.29 is 9.59 Å². The SMILES string of the molecule is CC(C)C(=O)c1ccc(NC(=O)N2CCCCC2)cc1. The summed E-state index contributed by atoms with van der Waals surface area (Å²) in [5.41, 5.74) is 1.43. The number of rotatable bonds is 3. The van der Waals surface area contributed by atoms with Crippen LogP contribution in [0.3, 0.4) is 0 Å². The van der Waals surface area contributed by atoms with Gasteiger partial charge in [-0.1, -0.05) is 13.8 Å². The van der Waals surface area contributed by atoms with Crippen molar-refractivity contribution in [2.75, 3.05) is 18.4 Å². The van der Waals surface area contributed by atoms with Gasteiger partial charge in [0.15, 0.2) is 5.78 Å². The number of urea groups is 1. The Bertz CT molecular complexity index is 474. The number of hydrogen-bond donors (Lipinski definition) is 1. The van der Waals surface area contributed by atoms with Crippen LogP contribution in [0.1, 0.15) is 43.5 Å². The maximum Gasteiger partial charge on any atom is 0.321 e. The summed E-state index contributed by atoms with van der Waals surface area (Å²) in [4.78, 5) is 25.7. The Morgan fingerprint density at radius 3 is 2.20 bits per heavy atom. The number of carbonyl (C=O) groups is 2. The molecule has 108 valence electrons. The Morgan fingerprint density at radius 2 is 1.65 bits per heavy atom. The van der Waals surface area contributed by atoms with Gasteiger partial charge < -0.3 is 10.2 Å². The summed E-state index contributed by atoms with van der Waals surface area (Å²) in [5, 5.41) is 2.88. The van der Waals surface area contributed by atoms with Gasteiger partial charge in [-0.2, -0.15) is 0 Å². The van der Waals surface area contributed by atoms with Crippen LogP contribution in [0.5, 0.6) is 0 Å². The molecule has 20 heavy (non-hydrogen) atoms. The van der Waals surface area contributed by atoms with E-state index < -0.39 is 0 Å². The molecule has 0 saturated carbocycles. The lowest BCUT2D eigenvalue weighted by Crippen LogP contribution is -2.38. The largest absolute Gasteiger partial charge is 0.325 e. The van der Waals surface area contributed by atoms with Gasteiger partial charge in [-0.05, 0) is 43.5 Å². The first-order valence-electron chi connectivity index (χ1n) is 7.28. The topological polar surface area (TPSA) is 49.4 Å². The molecule has 0 radical (unpaired) electrons. The molecule has 1 aliphatic heterocycles. The van der Waals surface area contributed by atoms with Crippen molar-refractivity contribution in [3.8, 4) is 0 Å². The summed E-state index contributed by atoms with van der Waals surface area (Å²) in [6, 6.07) is 7.07. The van der Waals surface area contributed by atoms with E-state index in [-0.39, 0.29) is 17.7 Å². The molecule has 1 N–H and O–H groups in total. The van der Waals surface area contributed by atoms with E-state index in [1.54, 1.807) is 24.3 Å². The highest BCUT2D eigenvalue weighted by Crippen LogP contribution is 2.15. The molecular weight excluding hydrogens is 252 g/mol. The lowest BCUT2D eigenvalue weighted by atomic mass is 10.0. The molecule has 1 aliphatic rings. The number of benzene rings is 1. The fraction of sp³-hybridized carbons (Fsp3) is 0.500. The van der Waals surface area contributed by atoms with Gasteiger partial charge in [-0.15, -0.1) is 0 Å². The van der Waals surface area contributed by atoms with Crippen molar-refractivity contribution in [2.24, 2.45) is 5.92 Å². The van der Waals surface area contributed by atoms with Crippen molar-refractivity contribution in [2.45, 2.75) is 33.1 Å². The smallest absolute Gasteiger partial charge is 0.321 e. The fourth-order valence-electron chi connectivity index (χ4n) is 2.35. The van der Waals surface area contributed by atoms with Gasteiger partial charge in [0, 0.05) is 30.3 Å². The Labute approximate surface area is 120 Å². The zero-order valence-corrected chi connectivity index (χ0v) is 12.2. The van der Waals surface area contributed by atoms with Crippen LogP contribution in [0.15, 0.2) is 24.3 Å². The average Bonchev–Trinajstić information content (AvgIpc) is 2.48. The summed E-state index contributed by atoms with van der Waals surface area (Å²) in [7, 11) is 0. The van der Waals surface area contributed by atoms with E-state index in [0.717, 1.165) is 31.6 Å². The number of carbonyl (C=O) groups excluding carboxylic acids is 2. The predicted molar refractivity (Wildman–Crippen MR) is 80.1 cm³/mol. The minimum atomic E-state index is -0.0485. The van der Waals surface area contributed by atoms with Crippen LogP contribution >= 0.6 is 0 Å². The third-order valence-corrected chi connectivity index (χ3v) is 3.59. The van der Waals surface area contributed by atoms with Crippen LogP contribution in [-0.4, -0.2) is 29.8 Å². The molecule has 4 heteroatoms. The molecule has 0 bridgehead atoms. The van der Waals surface area contributed by atoms with Crippen LogP contribution in [0.25, 0.3) is 0 Å². The zero-order valence-electron chi connectivity index (χ0n) is 12.2. The normalized spacial score (nSPS) is 15.2. The highest BCUT2D eigenvalue weighted by Gasteiger charge is 2.16. The molecule has 1 saturated heterocycles. The van der Waals surface area contributed by atoms with Crippen LogP contribution in [-0.2, 0) is 0 Å². The van der Waals surface area contributed by atoms with Gasteiger partial charge in [0.1, 0.15) is 0 Å². The number of piperidine rings is 1. The van der Waals surface area contributed by atoms with E-state index in [1.165, 1.54) is 6.42 Å². The van der Waals surface area contributed by atoms with Crippen molar-refractivity contribution in [3.63, 3.8) is 0 Å². The number of nitrogens with zero attached hydrogens (tertiary/aromatic N) is 1. The van der Waals surface area contributed by atoms with Crippen LogP contribution in [0, 0.1) is 5.92 Å². The third kappa shape index (κ3) is 3.59. The van der Waals surface area contributed by atoms with Crippen LogP contribution in [0.2, 0.25) is 0 Å². The number of likely N-dealkylation sites (tertiary alicyclic amines) is 1. The number of ketones is 1. The number of nitrogens with one attached hydrogen (secondary N) is 1. The molecule has 1 heterocycles. The molecule has 2 amide bonds. The van der Waals surface area contributed by atoms with Crippen LogP contribution < -0.4 is 5.32 Å². The quantitative estimate of drug-likeness (QED) is 0.857. The molecular formula is C16H22N2O2. The standard InChI is InChI=1S/C16H22N2O2/c1-12(2)15(19)13-6-8-14(9-7-13)17-16(20)18-10-4-3-5-11-18/h6-9,12H,3-5,10-11H2,1-2H3,(H,17,20). The van der Waals surface area contributed by atoms with Gasteiger partial charge in [0.2, 0.25) is 0 Å². The molecule has 1 fully saturated rings. The summed E-state index contributed by atoms with van der Waals surface area (Å²) in [6.45, 7) is 5.42. The number of hydrogen-bond acceptors (Lipinski definition) is 2. The number of anilines is 1. The Kier molecular flexibility index (Phi) is 4.77. The second-order valence-electron chi connectivity index (χ2n) is 5.57. The van der Waals surface area contributed by atoms with Crippen molar-refractivity contribution in [1.82, 2.24) is 4.90 Å². The van der Waals surface area contributed by atoms with E-state index in [0.29, 0.717) is 5.56 Å². The lowest BCUT2D eigenvalue weighted by molar-refractivity contribution is 0.0939. The monoisotopic (exact) mass is 274 g/mol. The maximum absolute atomic E-state index is 12.0. The highest BCUT2D eigenvalue weighted by molar-refractivity contribution is 5.98. The number of amides is 2. The molecule has 4 nitrogen and oxygen atoms in total. The number of Topliss-reactive ketones (excluding diaryl/α,β-unsaturated/α-hetero) is 1. The van der Waals surface area contributed by atoms with E-state index in [9.17, 15) is 9.59 Å². The minimum Gasteiger partial charge on any atom is -0.325 e. The van der Waals surface area contributed by atoms with Crippen molar-refractivity contribution in [1.29, 1.82) is 0 Å². The van der Waals surface area contributed by atoms with Crippen LogP contribution in [0.4, 0.5) is 10.5 Å². The van der Waals surface area contributed by atoms with Gasteiger partial charge in [0.25, 0.3) is 0 Å². The first-order chi connectivity index (χ1) is 9.58. The first-order valence-corrected chi connectivity index (χ1v) is 7.28. The molecule has 0 aromatic heterocycles. The van der Waals surface area contributed by atoms with E-state index in [2.05, 4.69) is 5.32 Å². The summed E-state index contributed by atoms with van der Waals surface area (Å²) >= 11 is 0. The predicted octanol–water partition coefficient (Wildman–Crippen LogP) is 3.54. The molecule has 0 spiro atoms. The summed E-state index contributed by atoms with van der Waals surface area (Å²) in [6.07, 6.45) is 3.36. The second-order valence-corrected chi connectivity index (χ2v) is 5.57. The second kappa shape index (κ2) is 6.55. The molecule has 0 aliphatic carbocycles.